The summed E-state index contributed by atoms with van der Waals surface area (Å²) >= 11 is 0. The standard InChI is InChI=1S/C42H60N6O/c1-8-22-48(31(4)9-2)29-34-17-23-47(24-18-34)42(49)37-12-10-35(11-13-37)36-19-25-46(26-20-36)33(6)30(3)27-40-32(5)44-21-16-39(40)38-14-15-41(43-7)45-28-38/h10-16,21,27-28,31,33-34,36H,8-9,17-20,22-26,29H2,1-7H3,(H,43,45)/b30-27+. The molecule has 0 aliphatic carbocycles. The fourth-order valence-corrected chi connectivity index (χ4v) is 7.74. The summed E-state index contributed by atoms with van der Waals surface area (Å²) in [7, 11) is 1.89. The molecule has 5 rings (SSSR count). The van der Waals surface area contributed by atoms with Crippen molar-refractivity contribution in [2.75, 3.05) is 51.6 Å². The Labute approximate surface area is 296 Å². The zero-order valence-corrected chi connectivity index (χ0v) is 31.2. The van der Waals surface area contributed by atoms with Crippen LogP contribution in [0.4, 0.5) is 5.82 Å². The summed E-state index contributed by atoms with van der Waals surface area (Å²) in [4.78, 5) is 29.9. The van der Waals surface area contributed by atoms with Crippen molar-refractivity contribution in [3.05, 3.63) is 82.8 Å². The molecule has 0 bridgehead atoms. The van der Waals surface area contributed by atoms with Gasteiger partial charge in [-0.2, -0.15) is 0 Å². The summed E-state index contributed by atoms with van der Waals surface area (Å²) < 4.78 is 0. The third-order valence-electron chi connectivity index (χ3n) is 11.4. The van der Waals surface area contributed by atoms with Crippen LogP contribution in [0, 0.1) is 12.8 Å². The summed E-state index contributed by atoms with van der Waals surface area (Å²) in [5, 5.41) is 3.10. The van der Waals surface area contributed by atoms with Crippen molar-refractivity contribution in [3.8, 4) is 11.1 Å². The zero-order valence-electron chi connectivity index (χ0n) is 31.2. The van der Waals surface area contributed by atoms with Crippen molar-refractivity contribution in [1.29, 1.82) is 0 Å². The molecule has 2 aromatic heterocycles. The van der Waals surface area contributed by atoms with E-state index in [9.17, 15) is 4.79 Å². The highest BCUT2D eigenvalue weighted by atomic mass is 16.2. The van der Waals surface area contributed by atoms with Gasteiger partial charge in [0.1, 0.15) is 5.82 Å². The Kier molecular flexibility index (Phi) is 13.0. The molecule has 1 N–H and O–H groups in total. The molecule has 0 spiro atoms. The van der Waals surface area contributed by atoms with E-state index in [0.717, 1.165) is 80.1 Å². The van der Waals surface area contributed by atoms with Gasteiger partial charge in [-0.1, -0.05) is 37.6 Å². The first kappa shape index (κ1) is 36.7. The minimum Gasteiger partial charge on any atom is -0.373 e. The second-order valence-electron chi connectivity index (χ2n) is 14.5. The third-order valence-corrected chi connectivity index (χ3v) is 11.4. The van der Waals surface area contributed by atoms with Gasteiger partial charge < -0.3 is 15.1 Å². The Morgan fingerprint density at radius 3 is 2.31 bits per heavy atom. The fraction of sp³-hybridized carbons (Fsp3) is 0.548. The van der Waals surface area contributed by atoms with Gasteiger partial charge in [-0.3, -0.25) is 14.7 Å². The normalized spacial score (nSPS) is 18.1. The number of anilines is 1. The number of aryl methyl sites for hydroxylation is 1. The van der Waals surface area contributed by atoms with Crippen molar-refractivity contribution in [3.63, 3.8) is 0 Å². The molecule has 3 aromatic rings. The molecule has 7 heteroatoms. The van der Waals surface area contributed by atoms with Crippen molar-refractivity contribution >= 4 is 17.8 Å². The first-order valence-corrected chi connectivity index (χ1v) is 18.9. The van der Waals surface area contributed by atoms with Crippen LogP contribution in [-0.2, 0) is 0 Å². The summed E-state index contributed by atoms with van der Waals surface area (Å²) in [6.07, 6.45) is 13.0. The first-order valence-electron chi connectivity index (χ1n) is 18.9. The number of carbonyl (C=O) groups is 1. The van der Waals surface area contributed by atoms with Gasteiger partial charge in [-0.25, -0.2) is 4.98 Å². The number of hydrogen-bond acceptors (Lipinski definition) is 6. The molecular formula is C42H60N6O. The maximum absolute atomic E-state index is 13.4. The van der Waals surface area contributed by atoms with E-state index in [4.69, 9.17) is 0 Å². The predicted octanol–water partition coefficient (Wildman–Crippen LogP) is 8.53. The number of rotatable bonds is 13. The van der Waals surface area contributed by atoms with Gasteiger partial charge in [0.15, 0.2) is 0 Å². The number of aromatic nitrogens is 2. The number of likely N-dealkylation sites (tertiary alicyclic amines) is 2. The Bertz CT molecular complexity index is 1520. The summed E-state index contributed by atoms with van der Waals surface area (Å²) in [6.45, 7) is 19.8. The molecule has 2 aliphatic rings. The Morgan fingerprint density at radius 2 is 1.69 bits per heavy atom. The van der Waals surface area contributed by atoms with Crippen LogP contribution in [0.15, 0.2) is 60.4 Å². The summed E-state index contributed by atoms with van der Waals surface area (Å²) in [5.74, 6) is 2.28. The molecule has 0 saturated carbocycles. The predicted molar refractivity (Wildman–Crippen MR) is 205 cm³/mol. The quantitative estimate of drug-likeness (QED) is 0.198. The van der Waals surface area contributed by atoms with Crippen LogP contribution in [0.25, 0.3) is 17.2 Å². The molecule has 49 heavy (non-hydrogen) atoms. The van der Waals surface area contributed by atoms with Crippen molar-refractivity contribution in [2.24, 2.45) is 5.92 Å². The smallest absolute Gasteiger partial charge is 0.253 e. The highest BCUT2D eigenvalue weighted by Crippen LogP contribution is 2.32. The lowest BCUT2D eigenvalue weighted by atomic mass is 9.87. The molecule has 1 aromatic carbocycles. The van der Waals surface area contributed by atoms with Gasteiger partial charge >= 0.3 is 0 Å². The van der Waals surface area contributed by atoms with E-state index in [0.29, 0.717) is 23.9 Å². The highest BCUT2D eigenvalue weighted by molar-refractivity contribution is 5.94. The van der Waals surface area contributed by atoms with Gasteiger partial charge in [-0.15, -0.1) is 0 Å². The summed E-state index contributed by atoms with van der Waals surface area (Å²) in [6, 6.07) is 15.8. The van der Waals surface area contributed by atoms with Crippen LogP contribution >= 0.6 is 0 Å². The largest absolute Gasteiger partial charge is 0.373 e. The minimum absolute atomic E-state index is 0.196. The molecule has 1 amide bonds. The number of pyridine rings is 2. The van der Waals surface area contributed by atoms with Crippen LogP contribution < -0.4 is 5.32 Å². The Balaban J connectivity index is 1.14. The highest BCUT2D eigenvalue weighted by Gasteiger charge is 2.28. The maximum Gasteiger partial charge on any atom is 0.253 e. The lowest BCUT2D eigenvalue weighted by Crippen LogP contribution is -2.43. The summed E-state index contributed by atoms with van der Waals surface area (Å²) in [5.41, 5.74) is 8.00. The molecule has 7 nitrogen and oxygen atoms in total. The van der Waals surface area contributed by atoms with Gasteiger partial charge in [0.25, 0.3) is 5.91 Å². The molecule has 0 radical (unpaired) electrons. The number of benzene rings is 1. The van der Waals surface area contributed by atoms with Crippen LogP contribution in [0.3, 0.4) is 0 Å². The number of nitrogens with zero attached hydrogens (tertiary/aromatic N) is 5. The average Bonchev–Trinajstić information content (AvgIpc) is 3.15. The Morgan fingerprint density at radius 1 is 0.980 bits per heavy atom. The van der Waals surface area contributed by atoms with Crippen LogP contribution in [-0.4, -0.2) is 89.0 Å². The topological polar surface area (TPSA) is 64.6 Å². The Hall–Kier alpha value is -3.55. The lowest BCUT2D eigenvalue weighted by molar-refractivity contribution is 0.0651. The maximum atomic E-state index is 13.4. The van der Waals surface area contributed by atoms with E-state index in [1.807, 2.05) is 25.5 Å². The van der Waals surface area contributed by atoms with E-state index in [-0.39, 0.29) is 5.91 Å². The number of piperidine rings is 2. The second-order valence-corrected chi connectivity index (χ2v) is 14.5. The van der Waals surface area contributed by atoms with Gasteiger partial charge in [0, 0.05) is 73.5 Å². The monoisotopic (exact) mass is 664 g/mol. The SMILES string of the molecule is CCCN(CC1CCN(C(=O)c2ccc(C3CCN(C(C)/C(C)=C/c4c(-c5ccc(NC)nc5)ccnc4C)CC3)cc2)CC1)C(C)CC. The molecule has 2 fully saturated rings. The van der Waals surface area contributed by atoms with Crippen LogP contribution in [0.5, 0.6) is 0 Å². The average molecular weight is 665 g/mol. The van der Waals surface area contributed by atoms with E-state index in [1.165, 1.54) is 42.6 Å². The van der Waals surface area contributed by atoms with Crippen molar-refractivity contribution in [1.82, 2.24) is 24.7 Å². The molecule has 2 atom stereocenters. The van der Waals surface area contributed by atoms with Crippen LogP contribution in [0.2, 0.25) is 0 Å². The van der Waals surface area contributed by atoms with E-state index in [1.54, 1.807) is 0 Å². The molecule has 264 valence electrons. The number of nitrogens with one attached hydrogen (secondary N) is 1. The van der Waals surface area contributed by atoms with Gasteiger partial charge in [0.2, 0.25) is 0 Å². The van der Waals surface area contributed by atoms with Crippen molar-refractivity contribution < 1.29 is 4.79 Å². The number of hydrogen-bond donors (Lipinski definition) is 1. The van der Waals surface area contributed by atoms with Gasteiger partial charge in [-0.05, 0) is 139 Å². The van der Waals surface area contributed by atoms with E-state index >= 15 is 0 Å². The molecule has 2 unspecified atom stereocenters. The fourth-order valence-electron chi connectivity index (χ4n) is 7.74. The number of amides is 1. The third kappa shape index (κ3) is 9.17. The molecule has 4 heterocycles. The van der Waals surface area contributed by atoms with Gasteiger partial charge in [0.05, 0.1) is 0 Å². The number of carbonyl (C=O) groups excluding carboxylic acids is 1. The molecule has 2 saturated heterocycles. The van der Waals surface area contributed by atoms with Crippen molar-refractivity contribution in [2.45, 2.75) is 98.1 Å². The minimum atomic E-state index is 0.196. The zero-order chi connectivity index (χ0) is 34.9. The molecular weight excluding hydrogens is 605 g/mol. The lowest BCUT2D eigenvalue weighted by Gasteiger charge is -2.37. The van der Waals surface area contributed by atoms with Crippen LogP contribution in [0.1, 0.15) is 106 Å². The first-order chi connectivity index (χ1) is 23.7. The van der Waals surface area contributed by atoms with E-state index < -0.39 is 0 Å². The second kappa shape index (κ2) is 17.4. The van der Waals surface area contributed by atoms with E-state index in [2.05, 4.69) is 114 Å². The molecule has 2 aliphatic heterocycles.